The number of aliphatic carboxylic acids is 1. The number of hydrogen-bond acceptors (Lipinski definition) is 3. The van der Waals surface area contributed by atoms with Crippen molar-refractivity contribution in [1.82, 2.24) is 10.2 Å². The number of nitrogens with zero attached hydrogens (tertiary/aromatic N) is 1. The molecule has 5 heteroatoms. The Morgan fingerprint density at radius 3 is 2.35 bits per heavy atom. The van der Waals surface area contributed by atoms with Crippen LogP contribution in [0.4, 0.5) is 0 Å². The van der Waals surface area contributed by atoms with E-state index in [0.29, 0.717) is 25.3 Å². The summed E-state index contributed by atoms with van der Waals surface area (Å²) in [6, 6.07) is 0.431. The first-order valence-electron chi connectivity index (χ1n) is 6.39. The molecule has 1 saturated heterocycles. The second-order valence-electron chi connectivity index (χ2n) is 5.05. The van der Waals surface area contributed by atoms with Crippen molar-refractivity contribution >= 4 is 11.9 Å². The molecule has 1 heterocycles. The van der Waals surface area contributed by atoms with Crippen molar-refractivity contribution in [1.29, 1.82) is 0 Å². The number of carbonyl (C=O) groups excluding carboxylic acids is 1. The number of piperidine rings is 1. The first-order chi connectivity index (χ1) is 8.15. The Morgan fingerprint density at radius 1 is 1.18 bits per heavy atom. The molecule has 1 aliphatic heterocycles. The topological polar surface area (TPSA) is 69.6 Å². The van der Waals surface area contributed by atoms with Crippen molar-refractivity contribution in [2.75, 3.05) is 19.6 Å². The molecular formula is C12H20N2O3. The summed E-state index contributed by atoms with van der Waals surface area (Å²) in [7, 11) is 0. The van der Waals surface area contributed by atoms with Crippen LogP contribution in [0.2, 0.25) is 0 Å². The number of amides is 1. The summed E-state index contributed by atoms with van der Waals surface area (Å²) in [5.41, 5.74) is 0. The van der Waals surface area contributed by atoms with E-state index >= 15 is 0 Å². The molecule has 96 valence electrons. The van der Waals surface area contributed by atoms with Gasteiger partial charge in [-0.15, -0.1) is 0 Å². The molecule has 17 heavy (non-hydrogen) atoms. The lowest BCUT2D eigenvalue weighted by atomic mass is 9.97. The quantitative estimate of drug-likeness (QED) is 0.732. The number of nitrogens with one attached hydrogen (secondary N) is 1. The highest BCUT2D eigenvalue weighted by atomic mass is 16.4. The van der Waals surface area contributed by atoms with Gasteiger partial charge in [0.25, 0.3) is 0 Å². The summed E-state index contributed by atoms with van der Waals surface area (Å²) in [6.45, 7) is 2.35. The van der Waals surface area contributed by atoms with E-state index in [1.165, 1.54) is 0 Å². The van der Waals surface area contributed by atoms with Crippen LogP contribution in [0, 0.1) is 5.92 Å². The second-order valence-corrected chi connectivity index (χ2v) is 5.05. The first kappa shape index (κ1) is 12.4. The zero-order valence-corrected chi connectivity index (χ0v) is 10.0. The Labute approximate surface area is 101 Å². The van der Waals surface area contributed by atoms with E-state index in [1.54, 1.807) is 0 Å². The summed E-state index contributed by atoms with van der Waals surface area (Å²) in [5.74, 6) is -0.740. The van der Waals surface area contributed by atoms with E-state index in [-0.39, 0.29) is 11.8 Å². The molecule has 1 aliphatic carbocycles. The lowest BCUT2D eigenvalue weighted by Gasteiger charge is -2.29. The van der Waals surface area contributed by atoms with Gasteiger partial charge in [0, 0.05) is 19.0 Å². The van der Waals surface area contributed by atoms with Crippen LogP contribution in [0.15, 0.2) is 0 Å². The number of rotatable bonds is 5. The van der Waals surface area contributed by atoms with Gasteiger partial charge in [0.15, 0.2) is 0 Å². The second kappa shape index (κ2) is 5.49. The summed E-state index contributed by atoms with van der Waals surface area (Å²) in [4.78, 5) is 24.4. The Morgan fingerprint density at radius 2 is 1.82 bits per heavy atom. The molecule has 0 atom stereocenters. The fourth-order valence-electron chi connectivity index (χ4n) is 2.19. The van der Waals surface area contributed by atoms with Gasteiger partial charge in [-0.3, -0.25) is 9.59 Å². The Bertz CT molecular complexity index is 294. The largest absolute Gasteiger partial charge is 0.481 e. The van der Waals surface area contributed by atoms with Gasteiger partial charge >= 0.3 is 5.97 Å². The molecule has 1 amide bonds. The highest BCUT2D eigenvalue weighted by molar-refractivity contribution is 5.76. The van der Waals surface area contributed by atoms with Crippen LogP contribution < -0.4 is 5.32 Å². The van der Waals surface area contributed by atoms with Crippen LogP contribution in [-0.4, -0.2) is 47.6 Å². The SMILES string of the molecule is O=C(CCN1CCC(C(=O)O)CC1)NC1CC1. The maximum absolute atomic E-state index is 11.5. The zero-order chi connectivity index (χ0) is 12.3. The van der Waals surface area contributed by atoms with Crippen LogP contribution in [0.25, 0.3) is 0 Å². The predicted molar refractivity (Wildman–Crippen MR) is 62.6 cm³/mol. The van der Waals surface area contributed by atoms with Crippen LogP contribution >= 0.6 is 0 Å². The lowest BCUT2D eigenvalue weighted by Crippen LogP contribution is -2.38. The van der Waals surface area contributed by atoms with Gasteiger partial charge in [0.1, 0.15) is 0 Å². The number of hydrogen-bond donors (Lipinski definition) is 2. The van der Waals surface area contributed by atoms with Crippen molar-refractivity contribution < 1.29 is 14.7 Å². The van der Waals surface area contributed by atoms with Crippen LogP contribution in [-0.2, 0) is 9.59 Å². The number of carboxylic acids is 1. The zero-order valence-electron chi connectivity index (χ0n) is 10.0. The molecule has 2 N–H and O–H groups in total. The minimum atomic E-state index is -0.684. The minimum absolute atomic E-state index is 0.132. The molecule has 0 aromatic rings. The van der Waals surface area contributed by atoms with Gasteiger partial charge < -0.3 is 15.3 Å². The Balaban J connectivity index is 1.60. The highest BCUT2D eigenvalue weighted by Crippen LogP contribution is 2.19. The van der Waals surface area contributed by atoms with Crippen molar-refractivity contribution in [3.8, 4) is 0 Å². The van der Waals surface area contributed by atoms with Crippen LogP contribution in [0.1, 0.15) is 32.1 Å². The maximum atomic E-state index is 11.5. The normalized spacial score (nSPS) is 22.4. The van der Waals surface area contributed by atoms with E-state index < -0.39 is 5.97 Å². The molecule has 0 unspecified atom stereocenters. The molecule has 2 aliphatic rings. The summed E-state index contributed by atoms with van der Waals surface area (Å²) in [6.07, 6.45) is 4.19. The number of likely N-dealkylation sites (tertiary alicyclic amines) is 1. The average molecular weight is 240 g/mol. The van der Waals surface area contributed by atoms with Gasteiger partial charge in [-0.05, 0) is 38.8 Å². The van der Waals surface area contributed by atoms with E-state index in [9.17, 15) is 9.59 Å². The van der Waals surface area contributed by atoms with Gasteiger partial charge in [-0.25, -0.2) is 0 Å². The van der Waals surface area contributed by atoms with Crippen molar-refractivity contribution in [3.05, 3.63) is 0 Å². The Hall–Kier alpha value is -1.10. The van der Waals surface area contributed by atoms with E-state index in [1.807, 2.05) is 0 Å². The molecule has 0 aromatic carbocycles. The number of carbonyl (C=O) groups is 2. The Kier molecular flexibility index (Phi) is 3.99. The molecule has 0 radical (unpaired) electrons. The molecule has 5 nitrogen and oxygen atoms in total. The van der Waals surface area contributed by atoms with E-state index in [0.717, 1.165) is 32.5 Å². The standard InChI is InChI=1S/C12H20N2O3/c15-11(13-10-1-2-10)5-8-14-6-3-9(4-7-14)12(16)17/h9-10H,1-8H2,(H,13,15)(H,16,17). The minimum Gasteiger partial charge on any atom is -0.481 e. The number of carboxylic acid groups (broad SMARTS) is 1. The molecule has 2 fully saturated rings. The molecular weight excluding hydrogens is 220 g/mol. The van der Waals surface area contributed by atoms with Crippen molar-refractivity contribution in [2.45, 2.75) is 38.1 Å². The first-order valence-corrected chi connectivity index (χ1v) is 6.39. The summed E-state index contributed by atoms with van der Waals surface area (Å²) in [5, 5.41) is 11.8. The van der Waals surface area contributed by atoms with Gasteiger partial charge in [-0.2, -0.15) is 0 Å². The van der Waals surface area contributed by atoms with Crippen LogP contribution in [0.3, 0.4) is 0 Å². The lowest BCUT2D eigenvalue weighted by molar-refractivity contribution is -0.143. The maximum Gasteiger partial charge on any atom is 0.306 e. The van der Waals surface area contributed by atoms with E-state index in [2.05, 4.69) is 10.2 Å². The molecule has 0 aromatic heterocycles. The van der Waals surface area contributed by atoms with Gasteiger partial charge in [0.2, 0.25) is 5.91 Å². The smallest absolute Gasteiger partial charge is 0.306 e. The fraction of sp³-hybridized carbons (Fsp3) is 0.833. The highest BCUT2D eigenvalue weighted by Gasteiger charge is 2.26. The van der Waals surface area contributed by atoms with Gasteiger partial charge in [0.05, 0.1) is 5.92 Å². The van der Waals surface area contributed by atoms with Crippen LogP contribution in [0.5, 0.6) is 0 Å². The molecule has 0 spiro atoms. The average Bonchev–Trinajstić information content (AvgIpc) is 3.11. The fourth-order valence-corrected chi connectivity index (χ4v) is 2.19. The third kappa shape index (κ3) is 4.00. The van der Waals surface area contributed by atoms with E-state index in [4.69, 9.17) is 5.11 Å². The molecule has 1 saturated carbocycles. The third-order valence-corrected chi connectivity index (χ3v) is 3.53. The predicted octanol–water partition coefficient (Wildman–Crippen LogP) is 0.452. The third-order valence-electron chi connectivity index (χ3n) is 3.53. The van der Waals surface area contributed by atoms with Crippen molar-refractivity contribution in [3.63, 3.8) is 0 Å². The summed E-state index contributed by atoms with van der Waals surface area (Å²) >= 11 is 0. The van der Waals surface area contributed by atoms with Gasteiger partial charge in [-0.1, -0.05) is 0 Å². The molecule has 2 rings (SSSR count). The molecule has 0 bridgehead atoms. The summed E-state index contributed by atoms with van der Waals surface area (Å²) < 4.78 is 0. The monoisotopic (exact) mass is 240 g/mol. The van der Waals surface area contributed by atoms with Crippen molar-refractivity contribution in [2.24, 2.45) is 5.92 Å².